The van der Waals surface area contributed by atoms with Gasteiger partial charge in [-0.3, -0.25) is 9.78 Å². The Morgan fingerprint density at radius 3 is 2.46 bits per heavy atom. The first-order valence-corrected chi connectivity index (χ1v) is 17.1. The van der Waals surface area contributed by atoms with E-state index in [9.17, 15) is 18.4 Å². The van der Waals surface area contributed by atoms with E-state index in [1.807, 2.05) is 25.8 Å². The number of rotatable bonds is 10. The Labute approximate surface area is 275 Å². The molecule has 2 aromatic heterocycles. The van der Waals surface area contributed by atoms with Crippen LogP contribution >= 0.6 is 19.7 Å². The van der Waals surface area contributed by atoms with Gasteiger partial charge < -0.3 is 39.8 Å². The first-order chi connectivity index (χ1) is 21.9. The number of benzene rings is 1. The quantitative estimate of drug-likeness (QED) is 0.149. The average molecular weight is 682 g/mol. The topological polar surface area (TPSA) is 140 Å². The van der Waals surface area contributed by atoms with Crippen LogP contribution in [0, 0.1) is 5.82 Å². The van der Waals surface area contributed by atoms with Crippen LogP contribution in [0.5, 0.6) is 0 Å². The third kappa shape index (κ3) is 11.4. The third-order valence-electron chi connectivity index (χ3n) is 7.89. The largest absolute Gasteiger partial charge is 0.375 e. The van der Waals surface area contributed by atoms with E-state index in [1.54, 1.807) is 18.3 Å². The molecule has 0 bridgehead atoms. The third-order valence-corrected chi connectivity index (χ3v) is 9.73. The molecule has 2 aliphatic heterocycles. The van der Waals surface area contributed by atoms with Crippen LogP contribution in [-0.2, 0) is 9.59 Å². The highest BCUT2D eigenvalue weighted by atomic mass is 32.1. The molecule has 5 rings (SSSR count). The van der Waals surface area contributed by atoms with Crippen molar-refractivity contribution in [1.29, 1.82) is 0 Å². The summed E-state index contributed by atoms with van der Waals surface area (Å²) in [6, 6.07) is 6.96. The summed E-state index contributed by atoms with van der Waals surface area (Å²) in [5.74, 6) is -2.13. The highest BCUT2D eigenvalue weighted by molar-refractivity contribution is 7.45. The van der Waals surface area contributed by atoms with E-state index in [4.69, 9.17) is 20.3 Å². The Morgan fingerprint density at radius 2 is 1.91 bits per heavy atom. The summed E-state index contributed by atoms with van der Waals surface area (Å²) in [6.45, 7) is 5.25. The molecule has 2 fully saturated rings. The van der Waals surface area contributed by atoms with E-state index >= 15 is 0 Å². The normalized spacial score (nSPS) is 17.1. The zero-order chi connectivity index (χ0) is 34.4. The number of thiophene rings is 1. The lowest BCUT2D eigenvalue weighted by Crippen LogP contribution is -2.42. The van der Waals surface area contributed by atoms with Crippen molar-refractivity contribution in [3.8, 4) is 0 Å². The lowest BCUT2D eigenvalue weighted by molar-refractivity contribution is -0.108. The number of carbonyl (C=O) groups excluding carboxylic acids is 3. The van der Waals surface area contributed by atoms with Gasteiger partial charge in [-0.2, -0.15) is 0 Å². The summed E-state index contributed by atoms with van der Waals surface area (Å²) in [7, 11) is 5.35. The van der Waals surface area contributed by atoms with E-state index in [2.05, 4.69) is 28.9 Å². The van der Waals surface area contributed by atoms with Crippen molar-refractivity contribution in [2.75, 3.05) is 52.7 Å². The van der Waals surface area contributed by atoms with Crippen molar-refractivity contribution in [2.45, 2.75) is 56.4 Å². The molecule has 0 aliphatic carbocycles. The number of pyridine rings is 1. The number of alkyl halides is 1. The van der Waals surface area contributed by atoms with E-state index in [0.717, 1.165) is 48.5 Å². The fourth-order valence-electron chi connectivity index (χ4n) is 5.53. The molecule has 2 saturated heterocycles. The second kappa shape index (κ2) is 19.7. The van der Waals surface area contributed by atoms with Gasteiger partial charge in [0, 0.05) is 62.0 Å². The molecule has 0 saturated carbocycles. The summed E-state index contributed by atoms with van der Waals surface area (Å²) >= 11 is 1.22. The minimum atomic E-state index is -2.65. The fraction of sp³-hybridized carbons (Fsp3) is 0.500. The molecular weight excluding hydrogens is 635 g/mol. The second-order valence-corrected chi connectivity index (χ2v) is 13.7. The van der Waals surface area contributed by atoms with Crippen molar-refractivity contribution in [1.82, 2.24) is 14.8 Å². The maximum atomic E-state index is 13.6. The molecular formula is C32H46F2N5O5PS. The molecule has 2 atom stereocenters. The summed E-state index contributed by atoms with van der Waals surface area (Å²) in [5, 5.41) is 0.667. The van der Waals surface area contributed by atoms with Gasteiger partial charge in [-0.15, -0.1) is 11.3 Å². The molecule has 254 valence electrons. The molecule has 4 N–H and O–H groups in total. The molecule has 2 unspecified atom stereocenters. The molecule has 1 amide bonds. The maximum absolute atomic E-state index is 13.6. The predicted octanol–water partition coefficient (Wildman–Crippen LogP) is 5.24. The molecule has 0 radical (unpaired) electrons. The number of nitrogens with two attached hydrogens (primary N) is 1. The Hall–Kier alpha value is -2.93. The number of aromatic nitrogens is 1. The Morgan fingerprint density at radius 1 is 1.22 bits per heavy atom. The lowest BCUT2D eigenvalue weighted by atomic mass is 9.91. The molecule has 1 aromatic carbocycles. The lowest BCUT2D eigenvalue weighted by Gasteiger charge is -2.38. The molecule has 4 heterocycles. The number of fused-ring (bicyclic) bond motifs is 1. The van der Waals surface area contributed by atoms with Crippen molar-refractivity contribution >= 4 is 54.5 Å². The van der Waals surface area contributed by atoms with Gasteiger partial charge in [-0.05, 0) is 75.5 Å². The first-order valence-electron chi connectivity index (χ1n) is 15.0. The fourth-order valence-corrected chi connectivity index (χ4v) is 6.85. The number of nitrogens with zero attached hydrogens (tertiary/aromatic N) is 4. The van der Waals surface area contributed by atoms with Gasteiger partial charge in [-0.25, -0.2) is 8.78 Å². The van der Waals surface area contributed by atoms with E-state index in [1.165, 1.54) is 61.9 Å². The number of primary amides is 1. The number of carbonyl (C=O) groups is 3. The Kier molecular flexibility index (Phi) is 16.8. The zero-order valence-electron chi connectivity index (χ0n) is 26.9. The minimum absolute atomic E-state index is 0.183. The second-order valence-electron chi connectivity index (χ2n) is 11.5. The van der Waals surface area contributed by atoms with Crippen LogP contribution in [0.2, 0.25) is 0 Å². The van der Waals surface area contributed by atoms with Crippen LogP contribution in [0.1, 0.15) is 71.2 Å². The average Bonchev–Trinajstić information content (AvgIpc) is 3.64. The van der Waals surface area contributed by atoms with Crippen molar-refractivity contribution in [3.63, 3.8) is 0 Å². The first kappa shape index (κ1) is 39.2. The van der Waals surface area contributed by atoms with Gasteiger partial charge in [0.2, 0.25) is 8.38 Å². The van der Waals surface area contributed by atoms with Crippen LogP contribution in [0.15, 0.2) is 36.7 Å². The highest BCUT2D eigenvalue weighted by Crippen LogP contribution is 2.45. The zero-order valence-corrected chi connectivity index (χ0v) is 28.7. The predicted molar refractivity (Wildman–Crippen MR) is 182 cm³/mol. The number of likely N-dealkylation sites (tertiary alicyclic amines) is 2. The van der Waals surface area contributed by atoms with Gasteiger partial charge in [0.1, 0.15) is 13.1 Å². The molecule has 3 aromatic rings. The van der Waals surface area contributed by atoms with Crippen LogP contribution in [-0.4, -0.2) is 97.4 Å². The van der Waals surface area contributed by atoms with E-state index in [0.29, 0.717) is 21.9 Å². The van der Waals surface area contributed by atoms with Gasteiger partial charge in [0.25, 0.3) is 5.91 Å². The summed E-state index contributed by atoms with van der Waals surface area (Å²) in [6.07, 6.45) is 11.1. The summed E-state index contributed by atoms with van der Waals surface area (Å²) in [4.78, 5) is 57.5. The van der Waals surface area contributed by atoms with Crippen LogP contribution in [0.4, 0.5) is 14.5 Å². The number of anilines is 1. The number of unbranched alkanes of at least 4 members (excludes halogenated alkanes) is 2. The number of hydrogen-bond acceptors (Lipinski definition) is 10. The smallest absolute Gasteiger partial charge is 0.258 e. The molecule has 46 heavy (non-hydrogen) atoms. The van der Waals surface area contributed by atoms with Crippen LogP contribution in [0.25, 0.3) is 10.1 Å². The van der Waals surface area contributed by atoms with Crippen LogP contribution in [0.3, 0.4) is 0 Å². The number of aldehydes is 1. The SMILES string of the molecule is C=O.CN1CC(c2cncc(F)c2N(C)C)C1.CN1CCCC1CCCCC=O.NC(=O)c1cc2cc(C(F)P(O)O)ccc2s1. The monoisotopic (exact) mass is 681 g/mol. The van der Waals surface area contributed by atoms with Crippen molar-refractivity contribution in [2.24, 2.45) is 5.73 Å². The van der Waals surface area contributed by atoms with Gasteiger partial charge in [0.15, 0.2) is 11.7 Å². The van der Waals surface area contributed by atoms with Gasteiger partial charge >= 0.3 is 0 Å². The minimum Gasteiger partial charge on any atom is -0.375 e. The number of halogens is 2. The number of amides is 1. The standard InChI is InChI=1S/C11H16FN3.C10H9FNO3PS.C10H19NO.CH2O/c1-14(2)11-9(4-13-5-10(11)12)8-6-15(3)7-8;11-9(16(14)15)5-1-2-7-6(3-5)4-8(17-7)10(12)13;1-11-8-5-7-10(11)6-3-2-4-9-12;1-2/h4-5,8H,6-7H2,1-3H3;1-4,9,14-15H,(H2,12,13);9-10H,2-8H2,1H3;1H2. The summed E-state index contributed by atoms with van der Waals surface area (Å²) in [5.41, 5.74) is 7.04. The Bertz CT molecular complexity index is 1390. The van der Waals surface area contributed by atoms with E-state index < -0.39 is 20.2 Å². The van der Waals surface area contributed by atoms with Gasteiger partial charge in [-0.1, -0.05) is 12.5 Å². The van der Waals surface area contributed by atoms with Crippen molar-refractivity contribution in [3.05, 3.63) is 58.5 Å². The Balaban J connectivity index is 0.000000237. The molecule has 0 spiro atoms. The number of hydrogen-bond donors (Lipinski definition) is 3. The molecule has 10 nitrogen and oxygen atoms in total. The van der Waals surface area contributed by atoms with E-state index in [-0.39, 0.29) is 11.4 Å². The van der Waals surface area contributed by atoms with Crippen molar-refractivity contribution < 1.29 is 33.0 Å². The maximum Gasteiger partial charge on any atom is 0.258 e. The number of likely N-dealkylation sites (N-methyl/N-ethyl adjacent to an activating group) is 1. The van der Waals surface area contributed by atoms with Crippen LogP contribution < -0.4 is 10.6 Å². The van der Waals surface area contributed by atoms with Gasteiger partial charge in [0.05, 0.1) is 16.8 Å². The highest BCUT2D eigenvalue weighted by Gasteiger charge is 2.29. The molecule has 2 aliphatic rings. The summed E-state index contributed by atoms with van der Waals surface area (Å²) < 4.78 is 27.8. The molecule has 14 heteroatoms.